The van der Waals surface area contributed by atoms with Crippen LogP contribution in [0.4, 0.5) is 39.5 Å². The standard InChI is InChI=1S/C47H66BF9NO3/c1-5-8-11-14-17-20-33-58(34-21-18-15-12-9-6-2,35-22-19-16-13-10-7-3)37(4)43-36-40(47(55,56)57)27-32-44(43)61-48(59-41-28-23-38(24-29-41)45(49,50)51)60-42-30-25-39(26-31-42)46(52,53)54/h23-32,36-37H,5-22,33-35H2,1-4H3/q+1. The Balaban J connectivity index is 2.12. The van der Waals surface area contributed by atoms with E-state index in [9.17, 15) is 39.5 Å². The Labute approximate surface area is 358 Å². The zero-order valence-electron chi connectivity index (χ0n) is 36.4. The van der Waals surface area contributed by atoms with Crippen LogP contribution in [-0.4, -0.2) is 31.4 Å². The van der Waals surface area contributed by atoms with Gasteiger partial charge in [0.05, 0.1) is 41.9 Å². The van der Waals surface area contributed by atoms with Crippen molar-refractivity contribution < 1.29 is 58.0 Å². The van der Waals surface area contributed by atoms with Gasteiger partial charge in [0.2, 0.25) is 0 Å². The van der Waals surface area contributed by atoms with Crippen LogP contribution in [-0.2, 0) is 18.5 Å². The van der Waals surface area contributed by atoms with Crippen LogP contribution in [0.5, 0.6) is 17.2 Å². The van der Waals surface area contributed by atoms with Gasteiger partial charge in [-0.2, -0.15) is 39.5 Å². The minimum atomic E-state index is -4.69. The van der Waals surface area contributed by atoms with E-state index in [1.807, 2.05) is 6.92 Å². The fourth-order valence-electron chi connectivity index (χ4n) is 7.83. The van der Waals surface area contributed by atoms with E-state index >= 15 is 0 Å². The fourth-order valence-corrected chi connectivity index (χ4v) is 7.83. The highest BCUT2D eigenvalue weighted by molar-refractivity contribution is 6.39. The summed E-state index contributed by atoms with van der Waals surface area (Å²) in [5.41, 5.74) is -2.51. The first-order chi connectivity index (χ1) is 28.9. The smallest absolute Gasteiger partial charge is 0.490 e. The normalized spacial score (nSPS) is 13.0. The Morgan fingerprint density at radius 2 is 0.770 bits per heavy atom. The molecule has 0 aliphatic heterocycles. The number of unbranched alkanes of at least 4 members (excludes halogenated alkanes) is 15. The van der Waals surface area contributed by atoms with Crippen LogP contribution in [0.3, 0.4) is 0 Å². The number of alkyl halides is 9. The first kappa shape index (κ1) is 51.8. The van der Waals surface area contributed by atoms with Crippen molar-refractivity contribution in [2.45, 2.75) is 168 Å². The van der Waals surface area contributed by atoms with E-state index in [0.29, 0.717) is 4.48 Å². The highest BCUT2D eigenvalue weighted by Crippen LogP contribution is 2.41. The molecule has 1 atom stereocenters. The first-order valence-electron chi connectivity index (χ1n) is 22.3. The first-order valence-corrected chi connectivity index (χ1v) is 22.3. The van der Waals surface area contributed by atoms with Crippen molar-refractivity contribution in [3.63, 3.8) is 0 Å². The molecule has 0 bridgehead atoms. The third kappa shape index (κ3) is 18.0. The van der Waals surface area contributed by atoms with Gasteiger partial charge in [-0.05, 0) is 112 Å². The molecule has 3 aromatic rings. The summed E-state index contributed by atoms with van der Waals surface area (Å²) in [6.45, 7) is 10.7. The minimum absolute atomic E-state index is 0.000612. The van der Waals surface area contributed by atoms with Crippen LogP contribution in [0, 0.1) is 0 Å². The number of hydrogen-bond donors (Lipinski definition) is 0. The maximum absolute atomic E-state index is 14.5. The molecule has 14 heteroatoms. The summed E-state index contributed by atoms with van der Waals surface area (Å²) in [5, 5.41) is 0. The monoisotopic (exact) mass is 874 g/mol. The molecule has 3 rings (SSSR count). The molecule has 0 saturated heterocycles. The SMILES string of the molecule is CCCCCCCC[N+](CCCCCCCC)(CCCCCCCC)C(C)c1cc(C(F)(F)F)ccc1OB(Oc1ccc(C(F)(F)F)cc1)Oc1ccc(C(F)(F)F)cc1. The molecule has 0 amide bonds. The van der Waals surface area contributed by atoms with Gasteiger partial charge in [-0.25, -0.2) is 0 Å². The summed E-state index contributed by atoms with van der Waals surface area (Å²) in [7, 11) is -1.83. The molecule has 1 unspecified atom stereocenters. The molecule has 61 heavy (non-hydrogen) atoms. The third-order valence-corrected chi connectivity index (χ3v) is 11.5. The lowest BCUT2D eigenvalue weighted by Crippen LogP contribution is -2.52. The molecule has 342 valence electrons. The van der Waals surface area contributed by atoms with Gasteiger partial charge in [-0.3, -0.25) is 0 Å². The Morgan fingerprint density at radius 3 is 1.11 bits per heavy atom. The van der Waals surface area contributed by atoms with Gasteiger partial charge in [0.25, 0.3) is 0 Å². The molecule has 0 heterocycles. The average Bonchev–Trinajstić information content (AvgIpc) is 3.20. The zero-order valence-corrected chi connectivity index (χ0v) is 36.4. The zero-order chi connectivity index (χ0) is 44.9. The Hall–Kier alpha value is -3.55. The van der Waals surface area contributed by atoms with Crippen molar-refractivity contribution in [2.75, 3.05) is 19.6 Å². The molecule has 0 saturated carbocycles. The van der Waals surface area contributed by atoms with Gasteiger partial charge in [0.15, 0.2) is 0 Å². The van der Waals surface area contributed by atoms with Crippen molar-refractivity contribution in [3.8, 4) is 17.2 Å². The predicted octanol–water partition coefficient (Wildman–Crippen LogP) is 16.2. The molecule has 3 aromatic carbocycles. The number of benzene rings is 3. The molecule has 0 aromatic heterocycles. The molecular formula is C47H66BF9NO3+. The summed E-state index contributed by atoms with van der Waals surface area (Å²) >= 11 is 0. The number of halogens is 9. The number of hydrogen-bond acceptors (Lipinski definition) is 3. The predicted molar refractivity (Wildman–Crippen MR) is 225 cm³/mol. The van der Waals surface area contributed by atoms with Gasteiger partial charge in [-0.15, -0.1) is 0 Å². The molecule has 0 aliphatic carbocycles. The van der Waals surface area contributed by atoms with Gasteiger partial charge in [0, 0.05) is 0 Å². The largest absolute Gasteiger partial charge is 0.864 e. The van der Waals surface area contributed by atoms with Crippen LogP contribution in [0.2, 0.25) is 0 Å². The second-order valence-corrected chi connectivity index (χ2v) is 16.3. The molecule has 0 spiro atoms. The van der Waals surface area contributed by atoms with Crippen LogP contribution in [0.25, 0.3) is 0 Å². The molecule has 0 radical (unpaired) electrons. The topological polar surface area (TPSA) is 27.7 Å². The lowest BCUT2D eigenvalue weighted by atomic mass is 9.96. The van der Waals surface area contributed by atoms with Gasteiger partial charge < -0.3 is 18.4 Å². The summed E-state index contributed by atoms with van der Waals surface area (Å²) in [4.78, 5) is 0. The van der Waals surface area contributed by atoms with Gasteiger partial charge >= 0.3 is 25.9 Å². The van der Waals surface area contributed by atoms with Crippen molar-refractivity contribution >= 4 is 7.32 Å². The van der Waals surface area contributed by atoms with Gasteiger partial charge in [0.1, 0.15) is 23.3 Å². The van der Waals surface area contributed by atoms with Crippen LogP contribution < -0.4 is 14.0 Å². The Kier molecular flexibility index (Phi) is 21.7. The van der Waals surface area contributed by atoms with Crippen LogP contribution in [0.15, 0.2) is 66.7 Å². The lowest BCUT2D eigenvalue weighted by molar-refractivity contribution is -0.956. The van der Waals surface area contributed by atoms with E-state index in [4.69, 9.17) is 14.0 Å². The number of nitrogens with zero attached hydrogens (tertiary/aromatic N) is 1. The van der Waals surface area contributed by atoms with E-state index in [1.165, 1.54) is 6.07 Å². The molecule has 4 nitrogen and oxygen atoms in total. The van der Waals surface area contributed by atoms with E-state index in [2.05, 4.69) is 20.8 Å². The van der Waals surface area contributed by atoms with E-state index in [1.54, 1.807) is 0 Å². The maximum Gasteiger partial charge on any atom is 0.864 e. The van der Waals surface area contributed by atoms with Crippen LogP contribution >= 0.6 is 0 Å². The molecular weight excluding hydrogens is 808 g/mol. The van der Waals surface area contributed by atoms with E-state index in [-0.39, 0.29) is 22.8 Å². The average molecular weight is 875 g/mol. The number of rotatable bonds is 29. The maximum atomic E-state index is 14.5. The summed E-state index contributed by atoms with van der Waals surface area (Å²) in [5.74, 6) is -0.266. The van der Waals surface area contributed by atoms with Crippen molar-refractivity contribution in [2.24, 2.45) is 0 Å². The van der Waals surface area contributed by atoms with Crippen LogP contribution in [0.1, 0.15) is 172 Å². The minimum Gasteiger partial charge on any atom is -0.490 e. The number of quaternary nitrogens is 1. The fraction of sp³-hybridized carbons (Fsp3) is 0.617. The quantitative estimate of drug-likeness (QED) is 0.0301. The van der Waals surface area contributed by atoms with Crippen molar-refractivity contribution in [1.29, 1.82) is 0 Å². The molecule has 0 aliphatic rings. The van der Waals surface area contributed by atoms with E-state index < -0.39 is 48.6 Å². The van der Waals surface area contributed by atoms with Gasteiger partial charge in [-0.1, -0.05) is 97.8 Å². The summed E-state index contributed by atoms with van der Waals surface area (Å²) < 4.78 is 143. The third-order valence-electron chi connectivity index (χ3n) is 11.5. The molecule has 0 fully saturated rings. The van der Waals surface area contributed by atoms with E-state index in [0.717, 1.165) is 196 Å². The second-order valence-electron chi connectivity index (χ2n) is 16.3. The molecule has 0 N–H and O–H groups in total. The summed E-state index contributed by atoms with van der Waals surface area (Å²) in [6.07, 6.45) is 5.01. The Bertz CT molecular complexity index is 1550. The highest BCUT2D eigenvalue weighted by atomic mass is 19.4. The second kappa shape index (κ2) is 25.5. The van der Waals surface area contributed by atoms with Crippen molar-refractivity contribution in [3.05, 3.63) is 89.0 Å². The lowest BCUT2D eigenvalue weighted by Gasteiger charge is -2.45. The highest BCUT2D eigenvalue weighted by Gasteiger charge is 2.41. The Morgan fingerprint density at radius 1 is 0.443 bits per heavy atom. The summed E-state index contributed by atoms with van der Waals surface area (Å²) in [6, 6.07) is 9.98. The van der Waals surface area contributed by atoms with Crippen molar-refractivity contribution in [1.82, 2.24) is 0 Å².